The molecule has 3 heterocycles. The molecule has 1 aliphatic heterocycles. The maximum absolute atomic E-state index is 12.9. The number of hydrogen-bond donors (Lipinski definition) is 3. The van der Waals surface area contributed by atoms with Crippen molar-refractivity contribution in [2.75, 3.05) is 50.4 Å². The minimum atomic E-state index is -0.316. The summed E-state index contributed by atoms with van der Waals surface area (Å²) in [6.07, 6.45) is 3.40. The molecule has 1 unspecified atom stereocenters. The number of nitrogens with two attached hydrogens (primary N) is 1. The summed E-state index contributed by atoms with van der Waals surface area (Å²) in [5, 5.41) is 9.38. The highest BCUT2D eigenvalue weighted by Crippen LogP contribution is 2.23. The highest BCUT2D eigenvalue weighted by molar-refractivity contribution is 7.09. The first-order valence-corrected chi connectivity index (χ1v) is 12.3. The van der Waals surface area contributed by atoms with Gasteiger partial charge in [-0.1, -0.05) is 13.0 Å². The lowest BCUT2D eigenvalue weighted by Crippen LogP contribution is -2.44. The molecular weight excluding hydrogens is 440 g/mol. The van der Waals surface area contributed by atoms with Crippen molar-refractivity contribution in [3.63, 3.8) is 0 Å². The Morgan fingerprint density at radius 1 is 1.30 bits per heavy atom. The average Bonchev–Trinajstić information content (AvgIpc) is 3.23. The van der Waals surface area contributed by atoms with E-state index in [2.05, 4.69) is 20.5 Å². The molecule has 2 aromatic heterocycles. The number of carbonyl (C=O) groups is 2. The van der Waals surface area contributed by atoms with Gasteiger partial charge in [0.05, 0.1) is 24.6 Å². The van der Waals surface area contributed by atoms with Crippen LogP contribution in [0.25, 0.3) is 0 Å². The van der Waals surface area contributed by atoms with Gasteiger partial charge in [0, 0.05) is 55.7 Å². The third-order valence-corrected chi connectivity index (χ3v) is 6.41. The molecule has 3 amide bonds. The third kappa shape index (κ3) is 7.69. The molecule has 0 spiro atoms. The molecule has 1 atom stereocenters. The predicted octanol–water partition coefficient (Wildman–Crippen LogP) is 3.01. The van der Waals surface area contributed by atoms with Crippen LogP contribution in [0.2, 0.25) is 0 Å². The Balaban J connectivity index is 1.59. The molecule has 0 aromatic carbocycles. The number of carbonyl (C=O) groups excluding carboxylic acids is 2. The Morgan fingerprint density at radius 3 is 2.73 bits per heavy atom. The number of thiophene rings is 1. The fourth-order valence-electron chi connectivity index (χ4n) is 3.43. The number of nitrogens with one attached hydrogen (secondary N) is 2. The third-order valence-electron chi connectivity index (χ3n) is 5.65. The van der Waals surface area contributed by atoms with Crippen molar-refractivity contribution >= 4 is 34.6 Å². The monoisotopic (exact) mass is 474 g/mol. The van der Waals surface area contributed by atoms with Crippen molar-refractivity contribution in [2.24, 2.45) is 0 Å². The molecule has 10 heteroatoms. The number of aromatic nitrogens is 1. The van der Waals surface area contributed by atoms with Crippen molar-refractivity contribution < 1.29 is 14.3 Å². The van der Waals surface area contributed by atoms with Gasteiger partial charge in [0.25, 0.3) is 5.91 Å². The fraction of sp³-hybridized carbons (Fsp3) is 0.522. The first-order valence-electron chi connectivity index (χ1n) is 11.4. The molecular formula is C23H34N6O3S. The van der Waals surface area contributed by atoms with Gasteiger partial charge in [0.15, 0.2) is 0 Å². The summed E-state index contributed by atoms with van der Waals surface area (Å²) in [6, 6.07) is 3.53. The van der Waals surface area contributed by atoms with Crippen molar-refractivity contribution in [1.29, 1.82) is 0 Å². The van der Waals surface area contributed by atoms with E-state index < -0.39 is 0 Å². The summed E-state index contributed by atoms with van der Waals surface area (Å²) >= 11 is 1.42. The van der Waals surface area contributed by atoms with Crippen LogP contribution in [0.4, 0.5) is 16.2 Å². The van der Waals surface area contributed by atoms with E-state index in [1.807, 2.05) is 24.8 Å². The van der Waals surface area contributed by atoms with Gasteiger partial charge in [-0.3, -0.25) is 14.7 Å². The molecule has 1 fully saturated rings. The number of morpholine rings is 1. The number of nitrogen functional groups attached to an aromatic ring is 1. The van der Waals surface area contributed by atoms with Crippen LogP contribution in [-0.4, -0.2) is 72.2 Å². The van der Waals surface area contributed by atoms with E-state index in [0.29, 0.717) is 30.2 Å². The van der Waals surface area contributed by atoms with Crippen molar-refractivity contribution in [1.82, 2.24) is 20.1 Å². The molecule has 0 radical (unpaired) electrons. The van der Waals surface area contributed by atoms with Crippen molar-refractivity contribution in [3.05, 3.63) is 40.3 Å². The smallest absolute Gasteiger partial charge is 0.317 e. The molecule has 0 aliphatic carbocycles. The minimum absolute atomic E-state index is 0.0823. The zero-order valence-corrected chi connectivity index (χ0v) is 20.2. The highest BCUT2D eigenvalue weighted by Gasteiger charge is 2.18. The van der Waals surface area contributed by atoms with Crippen molar-refractivity contribution in [2.45, 2.75) is 39.3 Å². The molecule has 2 aromatic rings. The van der Waals surface area contributed by atoms with Crippen LogP contribution in [0.5, 0.6) is 0 Å². The molecule has 1 saturated heterocycles. The van der Waals surface area contributed by atoms with E-state index in [-0.39, 0.29) is 18.0 Å². The highest BCUT2D eigenvalue weighted by atomic mass is 32.1. The zero-order valence-electron chi connectivity index (χ0n) is 19.4. The Kier molecular flexibility index (Phi) is 9.47. The number of hydrogen-bond acceptors (Lipinski definition) is 7. The topological polar surface area (TPSA) is 113 Å². The number of ether oxygens (including phenoxy) is 1. The molecule has 1 aliphatic rings. The second kappa shape index (κ2) is 12.5. The number of amides is 3. The Hall–Kier alpha value is -2.69. The molecule has 33 heavy (non-hydrogen) atoms. The summed E-state index contributed by atoms with van der Waals surface area (Å²) in [4.78, 5) is 33.8. The largest absolute Gasteiger partial charge is 0.396 e. The second-order valence-corrected chi connectivity index (χ2v) is 8.98. The van der Waals surface area contributed by atoms with Gasteiger partial charge < -0.3 is 26.0 Å². The summed E-state index contributed by atoms with van der Waals surface area (Å²) in [6.45, 7) is 9.44. The van der Waals surface area contributed by atoms with E-state index in [1.54, 1.807) is 23.0 Å². The quantitative estimate of drug-likeness (QED) is 0.488. The van der Waals surface area contributed by atoms with Gasteiger partial charge in [-0.05, 0) is 31.4 Å². The normalized spacial score (nSPS) is 15.1. The van der Waals surface area contributed by atoms with E-state index in [9.17, 15) is 9.59 Å². The van der Waals surface area contributed by atoms with E-state index in [4.69, 9.17) is 10.5 Å². The number of anilines is 2. The summed E-state index contributed by atoms with van der Waals surface area (Å²) in [5.74, 6) is -0.316. The maximum Gasteiger partial charge on any atom is 0.317 e. The summed E-state index contributed by atoms with van der Waals surface area (Å²) in [7, 11) is 0. The standard InChI is InChI=1S/C23H34N6O3S/c1-3-17(2)26-23(31)29(8-4-7-28-9-11-32-12-10-28)14-18-5-6-20(25-13-18)22(30)27-21-16-33-15-19(21)24/h5-6,13,15-17H,3-4,7-12,14,24H2,1-2H3,(H,26,31)(H,27,30). The summed E-state index contributed by atoms with van der Waals surface area (Å²) < 4.78 is 5.40. The molecule has 0 saturated carbocycles. The molecule has 4 N–H and O–H groups in total. The van der Waals surface area contributed by atoms with Gasteiger partial charge in [0.1, 0.15) is 5.69 Å². The van der Waals surface area contributed by atoms with Crippen LogP contribution in [0.3, 0.4) is 0 Å². The van der Waals surface area contributed by atoms with Gasteiger partial charge in [0.2, 0.25) is 0 Å². The number of urea groups is 1. The van der Waals surface area contributed by atoms with E-state index in [0.717, 1.165) is 51.3 Å². The number of nitrogens with zero attached hydrogens (tertiary/aromatic N) is 3. The minimum Gasteiger partial charge on any atom is -0.396 e. The van der Waals surface area contributed by atoms with Crippen LogP contribution in [0.15, 0.2) is 29.1 Å². The van der Waals surface area contributed by atoms with Crippen LogP contribution >= 0.6 is 11.3 Å². The zero-order chi connectivity index (χ0) is 23.6. The lowest BCUT2D eigenvalue weighted by atomic mass is 10.2. The Labute approximate surface area is 199 Å². The Bertz CT molecular complexity index is 898. The SMILES string of the molecule is CCC(C)NC(=O)N(CCCN1CCOCC1)Cc1ccc(C(=O)Nc2cscc2N)nc1. The van der Waals surface area contributed by atoms with E-state index in [1.165, 1.54) is 11.3 Å². The van der Waals surface area contributed by atoms with Crippen LogP contribution in [0, 0.1) is 0 Å². The molecule has 0 bridgehead atoms. The van der Waals surface area contributed by atoms with Gasteiger partial charge in [-0.2, -0.15) is 0 Å². The first-order chi connectivity index (χ1) is 16.0. The van der Waals surface area contributed by atoms with Crippen LogP contribution < -0.4 is 16.4 Å². The molecule has 180 valence electrons. The van der Waals surface area contributed by atoms with Gasteiger partial charge in [-0.15, -0.1) is 11.3 Å². The lowest BCUT2D eigenvalue weighted by Gasteiger charge is -2.29. The summed E-state index contributed by atoms with van der Waals surface area (Å²) in [5.41, 5.74) is 8.11. The predicted molar refractivity (Wildman–Crippen MR) is 131 cm³/mol. The lowest BCUT2D eigenvalue weighted by molar-refractivity contribution is 0.0364. The molecule has 9 nitrogen and oxygen atoms in total. The maximum atomic E-state index is 12.9. The number of rotatable bonds is 10. The Morgan fingerprint density at radius 2 is 2.09 bits per heavy atom. The fourth-order valence-corrected chi connectivity index (χ4v) is 4.11. The van der Waals surface area contributed by atoms with Crippen LogP contribution in [-0.2, 0) is 11.3 Å². The van der Waals surface area contributed by atoms with E-state index >= 15 is 0 Å². The average molecular weight is 475 g/mol. The number of pyridine rings is 1. The van der Waals surface area contributed by atoms with Gasteiger partial charge in [-0.25, -0.2) is 4.79 Å². The van der Waals surface area contributed by atoms with Crippen molar-refractivity contribution in [3.8, 4) is 0 Å². The van der Waals surface area contributed by atoms with Gasteiger partial charge >= 0.3 is 6.03 Å². The first kappa shape index (κ1) is 24.9. The van der Waals surface area contributed by atoms with Crippen LogP contribution in [0.1, 0.15) is 42.7 Å². The second-order valence-electron chi connectivity index (χ2n) is 8.23. The molecule has 3 rings (SSSR count).